The molecular formula is C43H63N5O4. The van der Waals surface area contributed by atoms with Crippen LogP contribution in [0.1, 0.15) is 138 Å². The highest BCUT2D eigenvalue weighted by Gasteiger charge is 2.34. The molecule has 2 fully saturated rings. The summed E-state index contributed by atoms with van der Waals surface area (Å²) < 4.78 is 13.2. The van der Waals surface area contributed by atoms with Gasteiger partial charge in [-0.2, -0.15) is 0 Å². The molecule has 52 heavy (non-hydrogen) atoms. The molecule has 0 saturated carbocycles. The number of piperazine rings is 1. The van der Waals surface area contributed by atoms with Gasteiger partial charge in [0, 0.05) is 70.1 Å². The minimum absolute atomic E-state index is 0.00939. The normalized spacial score (nSPS) is 19.5. The Morgan fingerprint density at radius 1 is 0.750 bits per heavy atom. The third-order valence-electron chi connectivity index (χ3n) is 10.5. The van der Waals surface area contributed by atoms with Crippen LogP contribution in [0.3, 0.4) is 0 Å². The number of aliphatic hydroxyl groups is 1. The molecule has 9 nitrogen and oxygen atoms in total. The topological polar surface area (TPSA) is 100 Å². The Labute approximate surface area is 312 Å². The van der Waals surface area contributed by atoms with Gasteiger partial charge in [-0.15, -0.1) is 0 Å². The fourth-order valence-corrected chi connectivity index (χ4v) is 7.29. The van der Waals surface area contributed by atoms with Crippen molar-refractivity contribution in [2.45, 2.75) is 135 Å². The van der Waals surface area contributed by atoms with Gasteiger partial charge in [-0.1, -0.05) is 133 Å². The predicted octanol–water partition coefficient (Wildman–Crippen LogP) is 8.43. The second-order valence-electron chi connectivity index (χ2n) is 14.7. The van der Waals surface area contributed by atoms with E-state index in [2.05, 4.69) is 68.4 Å². The molecule has 2 N–H and O–H groups in total. The zero-order chi connectivity index (χ0) is 36.2. The summed E-state index contributed by atoms with van der Waals surface area (Å²) in [7, 11) is 0. The Hall–Kier alpha value is -3.37. The number of hydrogen-bond acceptors (Lipinski definition) is 8. The number of anilines is 1. The number of hydrogen-bond donors (Lipinski definition) is 2. The number of rotatable bonds is 22. The van der Waals surface area contributed by atoms with Crippen LogP contribution in [-0.4, -0.2) is 64.7 Å². The number of carbonyl (C=O) groups is 1. The first kappa shape index (κ1) is 39.8. The SMILES string of the molecule is CCCCCCCCCCCCCCCC(=O)NCc1ccc(C2O[C@H](CN3CCN(c4ncccn4)CC3)C[C@H](c3ccc(CO)cc3)O2)cc1. The molecule has 0 radical (unpaired) electrons. The zero-order valence-electron chi connectivity index (χ0n) is 31.6. The summed E-state index contributed by atoms with van der Waals surface area (Å²) in [5.41, 5.74) is 4.00. The van der Waals surface area contributed by atoms with E-state index in [9.17, 15) is 9.90 Å². The number of benzene rings is 2. The van der Waals surface area contributed by atoms with Crippen molar-refractivity contribution in [3.8, 4) is 0 Å². The standard InChI is InChI=1S/C43H63N5O4/c1-2-3-4-5-6-7-8-9-10-11-12-13-14-16-41(50)46-32-35-17-23-38(24-18-35)42-51-39(31-40(52-42)37-21-19-36(34-49)20-22-37)33-47-27-29-48(30-28-47)43-44-25-15-26-45-43/h15,17-26,39-40,42,49H,2-14,16,27-34H2,1H3,(H,46,50)/t39-,40+,42?/m0/s1. The summed E-state index contributed by atoms with van der Waals surface area (Å²) in [6.45, 7) is 7.21. The highest BCUT2D eigenvalue weighted by Crippen LogP contribution is 2.38. The number of carbonyl (C=O) groups excluding carboxylic acids is 1. The molecule has 3 heterocycles. The first-order valence-corrected chi connectivity index (χ1v) is 20.2. The average molecular weight is 714 g/mol. The quantitative estimate of drug-likeness (QED) is 0.100. The smallest absolute Gasteiger partial charge is 0.225 e. The molecule has 284 valence electrons. The van der Waals surface area contributed by atoms with Crippen molar-refractivity contribution in [1.82, 2.24) is 20.2 Å². The van der Waals surface area contributed by atoms with E-state index in [-0.39, 0.29) is 24.7 Å². The van der Waals surface area contributed by atoms with Crippen molar-refractivity contribution in [3.05, 3.63) is 89.2 Å². The third kappa shape index (κ3) is 13.6. The molecule has 3 atom stereocenters. The first-order valence-electron chi connectivity index (χ1n) is 20.2. The Balaban J connectivity index is 1.04. The fourth-order valence-electron chi connectivity index (χ4n) is 7.29. The van der Waals surface area contributed by atoms with Crippen molar-refractivity contribution >= 4 is 11.9 Å². The number of nitrogens with one attached hydrogen (secondary N) is 1. The third-order valence-corrected chi connectivity index (χ3v) is 10.5. The van der Waals surface area contributed by atoms with Crippen molar-refractivity contribution in [2.75, 3.05) is 37.6 Å². The number of unbranched alkanes of at least 4 members (excludes halogenated alkanes) is 12. The van der Waals surface area contributed by atoms with E-state index in [4.69, 9.17) is 9.47 Å². The van der Waals surface area contributed by atoms with Gasteiger partial charge in [0.25, 0.3) is 0 Å². The molecule has 1 unspecified atom stereocenters. The molecule has 3 aromatic rings. The number of aromatic nitrogens is 2. The van der Waals surface area contributed by atoms with Gasteiger partial charge in [0.2, 0.25) is 11.9 Å². The molecule has 9 heteroatoms. The molecule has 0 spiro atoms. The molecule has 0 bridgehead atoms. The van der Waals surface area contributed by atoms with E-state index in [1.807, 2.05) is 18.2 Å². The fraction of sp³-hybridized carbons (Fsp3) is 0.605. The molecule has 2 aromatic carbocycles. The van der Waals surface area contributed by atoms with E-state index in [1.165, 1.54) is 70.6 Å². The monoisotopic (exact) mass is 713 g/mol. The van der Waals surface area contributed by atoms with Crippen LogP contribution in [0.2, 0.25) is 0 Å². The lowest BCUT2D eigenvalue weighted by atomic mass is 9.99. The van der Waals surface area contributed by atoms with Gasteiger partial charge in [-0.25, -0.2) is 9.97 Å². The van der Waals surface area contributed by atoms with E-state index in [0.717, 1.165) is 80.2 Å². The van der Waals surface area contributed by atoms with E-state index in [1.54, 1.807) is 12.4 Å². The summed E-state index contributed by atoms with van der Waals surface area (Å²) in [5.74, 6) is 0.912. The number of amides is 1. The molecule has 1 amide bonds. The molecule has 1 aromatic heterocycles. The van der Waals surface area contributed by atoms with E-state index in [0.29, 0.717) is 13.0 Å². The van der Waals surface area contributed by atoms with Crippen LogP contribution in [0.4, 0.5) is 5.95 Å². The van der Waals surface area contributed by atoms with Crippen LogP contribution in [0.25, 0.3) is 0 Å². The van der Waals surface area contributed by atoms with Crippen LogP contribution in [0.15, 0.2) is 67.0 Å². The molecule has 0 aliphatic carbocycles. The van der Waals surface area contributed by atoms with Crippen LogP contribution < -0.4 is 10.2 Å². The zero-order valence-corrected chi connectivity index (χ0v) is 31.6. The van der Waals surface area contributed by atoms with Gasteiger partial charge >= 0.3 is 0 Å². The lowest BCUT2D eigenvalue weighted by Gasteiger charge is -2.40. The maximum Gasteiger partial charge on any atom is 0.225 e. The van der Waals surface area contributed by atoms with Gasteiger partial charge in [-0.05, 0) is 29.2 Å². The molecule has 2 aliphatic heterocycles. The maximum absolute atomic E-state index is 12.6. The first-order chi connectivity index (χ1) is 25.6. The van der Waals surface area contributed by atoms with Gasteiger partial charge in [0.05, 0.1) is 18.8 Å². The van der Waals surface area contributed by atoms with E-state index < -0.39 is 6.29 Å². The van der Waals surface area contributed by atoms with Crippen LogP contribution >= 0.6 is 0 Å². The number of aliphatic hydroxyl groups excluding tert-OH is 1. The summed E-state index contributed by atoms with van der Waals surface area (Å²) in [6, 6.07) is 18.1. The van der Waals surface area contributed by atoms with Crippen molar-refractivity contribution in [3.63, 3.8) is 0 Å². The Morgan fingerprint density at radius 2 is 1.33 bits per heavy atom. The molecule has 2 aliphatic rings. The van der Waals surface area contributed by atoms with Gasteiger partial charge in [0.1, 0.15) is 0 Å². The second kappa shape index (κ2) is 22.6. The highest BCUT2D eigenvalue weighted by molar-refractivity contribution is 5.75. The molecule has 5 rings (SSSR count). The minimum Gasteiger partial charge on any atom is -0.392 e. The number of nitrogens with zero attached hydrogens (tertiary/aromatic N) is 4. The highest BCUT2D eigenvalue weighted by atomic mass is 16.7. The number of ether oxygens (including phenoxy) is 2. The Kier molecular flexibility index (Phi) is 17.3. The van der Waals surface area contributed by atoms with Crippen LogP contribution in [0.5, 0.6) is 0 Å². The summed E-state index contributed by atoms with van der Waals surface area (Å²) in [4.78, 5) is 26.1. The lowest BCUT2D eigenvalue weighted by Crippen LogP contribution is -2.50. The van der Waals surface area contributed by atoms with Crippen molar-refractivity contribution in [2.24, 2.45) is 0 Å². The summed E-state index contributed by atoms with van der Waals surface area (Å²) in [6.07, 6.45) is 21.3. The lowest BCUT2D eigenvalue weighted by molar-refractivity contribution is -0.253. The maximum atomic E-state index is 12.6. The van der Waals surface area contributed by atoms with Gasteiger partial charge in [0.15, 0.2) is 6.29 Å². The van der Waals surface area contributed by atoms with Gasteiger partial charge in [-0.3, -0.25) is 9.69 Å². The predicted molar refractivity (Wildman–Crippen MR) is 208 cm³/mol. The van der Waals surface area contributed by atoms with Crippen LogP contribution in [0, 0.1) is 0 Å². The summed E-state index contributed by atoms with van der Waals surface area (Å²) >= 11 is 0. The second-order valence-corrected chi connectivity index (χ2v) is 14.7. The average Bonchev–Trinajstić information content (AvgIpc) is 3.19. The minimum atomic E-state index is -0.500. The largest absolute Gasteiger partial charge is 0.392 e. The van der Waals surface area contributed by atoms with Crippen molar-refractivity contribution in [1.29, 1.82) is 0 Å². The van der Waals surface area contributed by atoms with Gasteiger partial charge < -0.3 is 24.8 Å². The summed E-state index contributed by atoms with van der Waals surface area (Å²) in [5, 5.41) is 12.7. The van der Waals surface area contributed by atoms with Crippen LogP contribution in [-0.2, 0) is 27.4 Å². The van der Waals surface area contributed by atoms with Crippen molar-refractivity contribution < 1.29 is 19.4 Å². The van der Waals surface area contributed by atoms with E-state index >= 15 is 0 Å². The Bertz CT molecular complexity index is 1400. The molecular weight excluding hydrogens is 651 g/mol. The Morgan fingerprint density at radius 3 is 1.94 bits per heavy atom. The molecule has 2 saturated heterocycles.